The summed E-state index contributed by atoms with van der Waals surface area (Å²) >= 11 is 12.6. The number of anilines is 3. The van der Waals surface area contributed by atoms with Crippen LogP contribution in [0.25, 0.3) is 0 Å². The van der Waals surface area contributed by atoms with Crippen molar-refractivity contribution in [2.75, 3.05) is 23.5 Å². The van der Waals surface area contributed by atoms with Crippen LogP contribution in [0.5, 0.6) is 5.75 Å². The van der Waals surface area contributed by atoms with Crippen molar-refractivity contribution in [3.05, 3.63) is 74.9 Å². The predicted molar refractivity (Wildman–Crippen MR) is 132 cm³/mol. The summed E-state index contributed by atoms with van der Waals surface area (Å²) in [6.07, 6.45) is 1.53. The number of amides is 1. The van der Waals surface area contributed by atoms with E-state index in [9.17, 15) is 4.79 Å². The third kappa shape index (κ3) is 3.82. The van der Waals surface area contributed by atoms with Gasteiger partial charge >= 0.3 is 0 Å². The molecule has 2 N–H and O–H groups in total. The fourth-order valence-electron chi connectivity index (χ4n) is 4.52. The van der Waals surface area contributed by atoms with Gasteiger partial charge in [-0.1, -0.05) is 49.2 Å². The number of fused-ring (bicyclic) bond motifs is 2. The van der Waals surface area contributed by atoms with Gasteiger partial charge < -0.3 is 15.4 Å². The molecule has 8 heteroatoms. The predicted octanol–water partition coefficient (Wildman–Crippen LogP) is 5.82. The number of hydrogen-bond acceptors (Lipinski definition) is 5. The third-order valence-corrected chi connectivity index (χ3v) is 6.87. The Hall–Kier alpha value is -2.80. The van der Waals surface area contributed by atoms with Gasteiger partial charge in [-0.15, -0.1) is 0 Å². The zero-order valence-corrected chi connectivity index (χ0v) is 20.1. The van der Waals surface area contributed by atoms with Crippen molar-refractivity contribution in [3.8, 4) is 5.75 Å². The number of halogens is 2. The van der Waals surface area contributed by atoms with Crippen LogP contribution in [-0.4, -0.2) is 24.2 Å². The second-order valence-corrected chi connectivity index (χ2v) is 9.85. The summed E-state index contributed by atoms with van der Waals surface area (Å²) < 4.78 is 6.00. The summed E-state index contributed by atoms with van der Waals surface area (Å²) in [4.78, 5) is 19.2. The van der Waals surface area contributed by atoms with Crippen LogP contribution in [0.15, 0.2) is 42.6 Å². The summed E-state index contributed by atoms with van der Waals surface area (Å²) in [5, 5.41) is 7.64. The second kappa shape index (κ2) is 8.20. The molecule has 0 saturated carbocycles. The van der Waals surface area contributed by atoms with Crippen molar-refractivity contribution in [2.24, 2.45) is 0 Å². The summed E-state index contributed by atoms with van der Waals surface area (Å²) in [7, 11) is 0. The number of ether oxygens (including phenoxy) is 1. The molecule has 33 heavy (non-hydrogen) atoms. The first-order chi connectivity index (χ1) is 15.8. The molecule has 0 atom stereocenters. The Bertz CT molecular complexity index is 1260. The molecule has 0 spiro atoms. The maximum absolute atomic E-state index is 13.2. The average molecular weight is 483 g/mol. The Morgan fingerprint density at radius 2 is 1.94 bits per heavy atom. The van der Waals surface area contributed by atoms with Crippen LogP contribution in [0.3, 0.4) is 0 Å². The lowest BCUT2D eigenvalue weighted by atomic mass is 9.79. The van der Waals surface area contributed by atoms with E-state index in [4.69, 9.17) is 27.9 Å². The lowest BCUT2D eigenvalue weighted by Gasteiger charge is -2.33. The highest BCUT2D eigenvalue weighted by molar-refractivity contribution is 6.40. The highest BCUT2D eigenvalue weighted by Gasteiger charge is 2.32. The first-order valence-electron chi connectivity index (χ1n) is 10.8. The standard InChI is InChI=1S/C25H24Cl2N4O2/c1-14-22-17(24(32)31(13-33-22)21-19(26)5-4-6-20(21)27)11-29-23(14)30-16-7-8-18-15(9-16)10-28-12-25(18,2)3/h4-9,11,28H,10,12-13H2,1-3H3,(H,29,30). The van der Waals surface area contributed by atoms with E-state index in [1.165, 1.54) is 22.2 Å². The monoisotopic (exact) mass is 482 g/mol. The van der Waals surface area contributed by atoms with Crippen molar-refractivity contribution >= 4 is 46.3 Å². The smallest absolute Gasteiger partial charge is 0.266 e. The SMILES string of the molecule is Cc1c(Nc2ccc3c(c2)CNCC3(C)C)ncc2c1OCN(c1c(Cl)cccc1Cl)C2=O. The van der Waals surface area contributed by atoms with E-state index in [0.717, 1.165) is 24.3 Å². The van der Waals surface area contributed by atoms with Crippen molar-refractivity contribution in [3.63, 3.8) is 0 Å². The topological polar surface area (TPSA) is 66.5 Å². The van der Waals surface area contributed by atoms with Crippen LogP contribution in [0.2, 0.25) is 10.0 Å². The van der Waals surface area contributed by atoms with E-state index in [-0.39, 0.29) is 18.1 Å². The molecule has 3 aromatic rings. The zero-order chi connectivity index (χ0) is 23.3. The minimum absolute atomic E-state index is 0.0131. The molecule has 0 fully saturated rings. The molecule has 0 radical (unpaired) electrons. The Morgan fingerprint density at radius 3 is 2.70 bits per heavy atom. The number of carbonyl (C=O) groups is 1. The summed E-state index contributed by atoms with van der Waals surface area (Å²) in [6.45, 7) is 8.19. The first kappa shape index (κ1) is 22.0. The molecular formula is C25H24Cl2N4O2. The molecule has 2 aromatic carbocycles. The third-order valence-electron chi connectivity index (χ3n) is 6.26. The maximum atomic E-state index is 13.2. The van der Waals surface area contributed by atoms with Gasteiger partial charge in [-0.3, -0.25) is 9.69 Å². The van der Waals surface area contributed by atoms with Gasteiger partial charge in [0.2, 0.25) is 0 Å². The molecule has 0 aliphatic carbocycles. The molecule has 0 bridgehead atoms. The van der Waals surface area contributed by atoms with E-state index < -0.39 is 0 Å². The van der Waals surface area contributed by atoms with Crippen molar-refractivity contribution < 1.29 is 9.53 Å². The van der Waals surface area contributed by atoms with Crippen LogP contribution in [0, 0.1) is 6.92 Å². The largest absolute Gasteiger partial charge is 0.471 e. The van der Waals surface area contributed by atoms with Crippen LogP contribution in [0.4, 0.5) is 17.2 Å². The number of aromatic nitrogens is 1. The zero-order valence-electron chi connectivity index (χ0n) is 18.6. The van der Waals surface area contributed by atoms with Gasteiger partial charge in [-0.05, 0) is 42.3 Å². The number of nitrogens with one attached hydrogen (secondary N) is 2. The molecule has 1 amide bonds. The van der Waals surface area contributed by atoms with Gasteiger partial charge in [0.1, 0.15) is 17.1 Å². The quantitative estimate of drug-likeness (QED) is 0.492. The summed E-state index contributed by atoms with van der Waals surface area (Å²) in [6, 6.07) is 11.5. The Kier molecular flexibility index (Phi) is 5.47. The van der Waals surface area contributed by atoms with Crippen molar-refractivity contribution in [2.45, 2.75) is 32.7 Å². The lowest BCUT2D eigenvalue weighted by Crippen LogP contribution is -2.39. The Morgan fingerprint density at radius 1 is 1.18 bits per heavy atom. The molecular weight excluding hydrogens is 459 g/mol. The number of carbonyl (C=O) groups excluding carboxylic acids is 1. The molecule has 1 aromatic heterocycles. The van der Waals surface area contributed by atoms with E-state index in [1.54, 1.807) is 18.2 Å². The first-order valence-corrected chi connectivity index (χ1v) is 11.5. The number of pyridine rings is 1. The molecule has 2 aliphatic heterocycles. The fourth-order valence-corrected chi connectivity index (χ4v) is 5.13. The molecule has 2 aliphatic rings. The molecule has 3 heterocycles. The summed E-state index contributed by atoms with van der Waals surface area (Å²) in [5.41, 5.74) is 5.23. The number of hydrogen-bond donors (Lipinski definition) is 2. The highest BCUT2D eigenvalue weighted by atomic mass is 35.5. The lowest BCUT2D eigenvalue weighted by molar-refractivity contribution is 0.0936. The van der Waals surface area contributed by atoms with Gasteiger partial charge in [0, 0.05) is 36.0 Å². The average Bonchev–Trinajstić information content (AvgIpc) is 2.77. The van der Waals surface area contributed by atoms with Gasteiger partial charge in [0.15, 0.2) is 6.73 Å². The fraction of sp³-hybridized carbons (Fsp3) is 0.280. The summed E-state index contributed by atoms with van der Waals surface area (Å²) in [5.74, 6) is 0.905. The molecule has 0 unspecified atom stereocenters. The van der Waals surface area contributed by atoms with E-state index in [0.29, 0.717) is 32.9 Å². The Balaban J connectivity index is 1.44. The normalized spacial score (nSPS) is 16.6. The Labute approximate surface area is 202 Å². The molecule has 5 rings (SSSR count). The minimum Gasteiger partial charge on any atom is -0.471 e. The second-order valence-electron chi connectivity index (χ2n) is 9.04. The van der Waals surface area contributed by atoms with Gasteiger partial charge in [-0.2, -0.15) is 0 Å². The van der Waals surface area contributed by atoms with Gasteiger partial charge in [0.25, 0.3) is 5.91 Å². The highest BCUT2D eigenvalue weighted by Crippen LogP contribution is 2.40. The number of nitrogens with zero attached hydrogens (tertiary/aromatic N) is 2. The number of rotatable bonds is 3. The van der Waals surface area contributed by atoms with Crippen LogP contribution >= 0.6 is 23.2 Å². The van der Waals surface area contributed by atoms with E-state index in [1.807, 2.05) is 6.92 Å². The van der Waals surface area contributed by atoms with E-state index in [2.05, 4.69) is 47.7 Å². The molecule has 0 saturated heterocycles. The molecule has 170 valence electrons. The van der Waals surface area contributed by atoms with Crippen LogP contribution in [-0.2, 0) is 12.0 Å². The number of benzene rings is 2. The van der Waals surface area contributed by atoms with Gasteiger partial charge in [-0.25, -0.2) is 4.98 Å². The van der Waals surface area contributed by atoms with Crippen molar-refractivity contribution in [1.82, 2.24) is 10.3 Å². The van der Waals surface area contributed by atoms with Crippen LogP contribution in [0.1, 0.15) is 40.9 Å². The molecule has 6 nitrogen and oxygen atoms in total. The van der Waals surface area contributed by atoms with Crippen LogP contribution < -0.4 is 20.3 Å². The van der Waals surface area contributed by atoms with E-state index >= 15 is 0 Å². The maximum Gasteiger partial charge on any atom is 0.266 e. The van der Waals surface area contributed by atoms with Crippen molar-refractivity contribution in [1.29, 1.82) is 0 Å². The number of para-hydroxylation sites is 1. The minimum atomic E-state index is -0.254. The van der Waals surface area contributed by atoms with Gasteiger partial charge in [0.05, 0.1) is 15.7 Å².